The summed E-state index contributed by atoms with van der Waals surface area (Å²) < 4.78 is 64.2. The number of anilines is 1. The summed E-state index contributed by atoms with van der Waals surface area (Å²) in [6, 6.07) is 7.46. The van der Waals surface area contributed by atoms with Gasteiger partial charge in [0.2, 0.25) is 0 Å². The first-order chi connectivity index (χ1) is 10.1. The van der Waals surface area contributed by atoms with Crippen LogP contribution in [0.4, 0.5) is 18.9 Å². The molecule has 3 nitrogen and oxygen atoms in total. The lowest BCUT2D eigenvalue weighted by atomic mass is 10.2. The third-order valence-corrected chi connectivity index (χ3v) is 4.76. The number of hydrogen-bond donors (Lipinski definition) is 1. The molecule has 0 aliphatic carbocycles. The molecule has 0 heterocycles. The maximum atomic E-state index is 12.6. The number of alkyl halides is 3. The lowest BCUT2D eigenvalue weighted by Gasteiger charge is -2.11. The highest BCUT2D eigenvalue weighted by atomic mass is 35.5. The number of rotatable bonds is 3. The molecule has 0 unspecified atom stereocenters. The van der Waals surface area contributed by atoms with E-state index in [0.717, 1.165) is 18.2 Å². The second-order valence-electron chi connectivity index (χ2n) is 4.26. The van der Waals surface area contributed by atoms with Crippen molar-refractivity contribution in [3.63, 3.8) is 0 Å². The van der Waals surface area contributed by atoms with E-state index in [1.165, 1.54) is 18.2 Å². The second-order valence-corrected chi connectivity index (χ2v) is 6.76. The van der Waals surface area contributed by atoms with Gasteiger partial charge in [-0.15, -0.1) is 0 Å². The lowest BCUT2D eigenvalue weighted by Crippen LogP contribution is -2.14. The van der Waals surface area contributed by atoms with Crippen molar-refractivity contribution in [1.29, 1.82) is 0 Å². The van der Waals surface area contributed by atoms with Gasteiger partial charge in [-0.2, -0.15) is 13.2 Å². The van der Waals surface area contributed by atoms with Crippen LogP contribution in [0.3, 0.4) is 0 Å². The number of halogens is 5. The Bertz CT molecular complexity index is 807. The Kier molecular flexibility index (Phi) is 4.60. The largest absolute Gasteiger partial charge is 0.416 e. The quantitative estimate of drug-likeness (QED) is 0.843. The molecule has 0 aliphatic rings. The first-order valence-corrected chi connectivity index (χ1v) is 7.98. The Morgan fingerprint density at radius 2 is 1.64 bits per heavy atom. The fourth-order valence-electron chi connectivity index (χ4n) is 1.62. The summed E-state index contributed by atoms with van der Waals surface area (Å²) in [5.41, 5.74) is -1.16. The van der Waals surface area contributed by atoms with Crippen LogP contribution in [-0.2, 0) is 16.2 Å². The van der Waals surface area contributed by atoms with Crippen molar-refractivity contribution in [2.45, 2.75) is 11.1 Å². The van der Waals surface area contributed by atoms with Crippen LogP contribution in [0.2, 0.25) is 10.0 Å². The minimum Gasteiger partial charge on any atom is -0.280 e. The molecule has 0 radical (unpaired) electrons. The van der Waals surface area contributed by atoms with Crippen molar-refractivity contribution in [3.8, 4) is 0 Å². The molecule has 0 saturated heterocycles. The average molecular weight is 370 g/mol. The zero-order valence-electron chi connectivity index (χ0n) is 10.7. The molecule has 0 atom stereocenters. The summed E-state index contributed by atoms with van der Waals surface area (Å²) in [7, 11) is -4.08. The van der Waals surface area contributed by atoms with E-state index in [4.69, 9.17) is 23.2 Å². The third kappa shape index (κ3) is 3.85. The molecule has 1 N–H and O–H groups in total. The first kappa shape index (κ1) is 16.9. The molecule has 2 rings (SSSR count). The lowest BCUT2D eigenvalue weighted by molar-refractivity contribution is -0.137. The molecule has 9 heteroatoms. The third-order valence-electron chi connectivity index (χ3n) is 2.64. The van der Waals surface area contributed by atoms with Crippen molar-refractivity contribution in [3.05, 3.63) is 58.1 Å². The van der Waals surface area contributed by atoms with Crippen LogP contribution in [0.15, 0.2) is 47.4 Å². The summed E-state index contributed by atoms with van der Waals surface area (Å²) in [6.07, 6.45) is -4.56. The molecule has 0 bridgehead atoms. The normalized spacial score (nSPS) is 12.2. The second kappa shape index (κ2) is 5.98. The van der Waals surface area contributed by atoms with E-state index in [2.05, 4.69) is 4.72 Å². The van der Waals surface area contributed by atoms with Gasteiger partial charge in [0, 0.05) is 5.69 Å². The number of hydrogen-bond acceptors (Lipinski definition) is 2. The monoisotopic (exact) mass is 369 g/mol. The van der Waals surface area contributed by atoms with E-state index in [0.29, 0.717) is 6.07 Å². The molecular formula is C13H8Cl2F3NO2S. The van der Waals surface area contributed by atoms with Crippen LogP contribution in [0.5, 0.6) is 0 Å². The Hall–Kier alpha value is -1.44. The molecule has 2 aromatic carbocycles. The summed E-state index contributed by atoms with van der Waals surface area (Å²) >= 11 is 11.4. The number of sulfonamides is 1. The minimum absolute atomic E-state index is 0.0218. The highest BCUT2D eigenvalue weighted by Gasteiger charge is 2.30. The zero-order valence-corrected chi connectivity index (χ0v) is 13.0. The molecule has 0 amide bonds. The smallest absolute Gasteiger partial charge is 0.280 e. The van der Waals surface area contributed by atoms with Crippen LogP contribution in [0.1, 0.15) is 5.56 Å². The average Bonchev–Trinajstić information content (AvgIpc) is 2.40. The van der Waals surface area contributed by atoms with Gasteiger partial charge in [0.15, 0.2) is 0 Å². The van der Waals surface area contributed by atoms with Crippen LogP contribution in [0.25, 0.3) is 0 Å². The molecule has 0 aliphatic heterocycles. The van der Waals surface area contributed by atoms with Crippen LogP contribution in [-0.4, -0.2) is 8.42 Å². The molecule has 0 saturated carbocycles. The SMILES string of the molecule is O=S(=O)(Nc1cccc(C(F)(F)F)c1)c1ccc(Cl)c(Cl)c1. The van der Waals surface area contributed by atoms with E-state index >= 15 is 0 Å². The molecule has 0 spiro atoms. The molecular weight excluding hydrogens is 362 g/mol. The minimum atomic E-state index is -4.56. The topological polar surface area (TPSA) is 46.2 Å². The van der Waals surface area contributed by atoms with Gasteiger partial charge in [0.05, 0.1) is 20.5 Å². The molecule has 118 valence electrons. The number of benzene rings is 2. The van der Waals surface area contributed by atoms with Crippen molar-refractivity contribution < 1.29 is 21.6 Å². The Balaban J connectivity index is 2.35. The van der Waals surface area contributed by atoms with Gasteiger partial charge in [0.25, 0.3) is 10.0 Å². The van der Waals surface area contributed by atoms with Gasteiger partial charge in [-0.25, -0.2) is 8.42 Å². The van der Waals surface area contributed by atoms with Gasteiger partial charge >= 0.3 is 6.18 Å². The summed E-state index contributed by atoms with van der Waals surface area (Å²) in [4.78, 5) is -0.209. The van der Waals surface area contributed by atoms with Gasteiger partial charge < -0.3 is 0 Å². The Labute approximate surface area is 134 Å². The highest BCUT2D eigenvalue weighted by Crippen LogP contribution is 2.31. The van der Waals surface area contributed by atoms with Crippen LogP contribution < -0.4 is 4.72 Å². The van der Waals surface area contributed by atoms with Gasteiger partial charge in [-0.05, 0) is 36.4 Å². The first-order valence-electron chi connectivity index (χ1n) is 5.75. The van der Waals surface area contributed by atoms with Gasteiger partial charge in [0.1, 0.15) is 0 Å². The predicted octanol–water partition coefficient (Wildman–Crippen LogP) is 4.81. The van der Waals surface area contributed by atoms with Crippen molar-refractivity contribution in [2.24, 2.45) is 0 Å². The van der Waals surface area contributed by atoms with E-state index in [1.54, 1.807) is 0 Å². The van der Waals surface area contributed by atoms with Crippen molar-refractivity contribution >= 4 is 38.9 Å². The molecule has 0 aromatic heterocycles. The number of nitrogens with one attached hydrogen (secondary N) is 1. The van der Waals surface area contributed by atoms with Gasteiger partial charge in [-0.1, -0.05) is 29.3 Å². The summed E-state index contributed by atoms with van der Waals surface area (Å²) in [6.45, 7) is 0. The fourth-order valence-corrected chi connectivity index (χ4v) is 3.06. The predicted molar refractivity (Wildman–Crippen MR) is 78.7 cm³/mol. The molecule has 2 aromatic rings. The molecule has 22 heavy (non-hydrogen) atoms. The van der Waals surface area contributed by atoms with Gasteiger partial charge in [-0.3, -0.25) is 4.72 Å². The maximum Gasteiger partial charge on any atom is 0.416 e. The molecule has 0 fully saturated rings. The highest BCUT2D eigenvalue weighted by molar-refractivity contribution is 7.92. The maximum absolute atomic E-state index is 12.6. The van der Waals surface area contributed by atoms with E-state index in [-0.39, 0.29) is 20.6 Å². The summed E-state index contributed by atoms with van der Waals surface area (Å²) in [5, 5.41) is 0.188. The van der Waals surface area contributed by atoms with Crippen molar-refractivity contribution in [1.82, 2.24) is 0 Å². The van der Waals surface area contributed by atoms with E-state index in [1.807, 2.05) is 0 Å². The fraction of sp³-hybridized carbons (Fsp3) is 0.0769. The van der Waals surface area contributed by atoms with Crippen LogP contribution in [0, 0.1) is 0 Å². The van der Waals surface area contributed by atoms with E-state index in [9.17, 15) is 21.6 Å². The van der Waals surface area contributed by atoms with E-state index < -0.39 is 21.8 Å². The summed E-state index contributed by atoms with van der Waals surface area (Å²) in [5.74, 6) is 0. The van der Waals surface area contributed by atoms with Crippen molar-refractivity contribution in [2.75, 3.05) is 4.72 Å². The Morgan fingerprint density at radius 3 is 2.23 bits per heavy atom. The Morgan fingerprint density at radius 1 is 0.955 bits per heavy atom. The zero-order chi connectivity index (χ0) is 16.5. The van der Waals surface area contributed by atoms with Crippen LogP contribution >= 0.6 is 23.2 Å². The standard InChI is InChI=1S/C13H8Cl2F3NO2S/c14-11-5-4-10(7-12(11)15)22(20,21)19-9-3-1-2-8(6-9)13(16,17)18/h1-7,19H.